The lowest BCUT2D eigenvalue weighted by Gasteiger charge is -2.17. The van der Waals surface area contributed by atoms with Crippen molar-refractivity contribution in [1.82, 2.24) is 14.9 Å². The highest BCUT2D eigenvalue weighted by Gasteiger charge is 2.12. The van der Waals surface area contributed by atoms with Gasteiger partial charge < -0.3 is 10.0 Å². The highest BCUT2D eigenvalue weighted by molar-refractivity contribution is 5.94. The summed E-state index contributed by atoms with van der Waals surface area (Å²) in [5, 5.41) is 9.31. The van der Waals surface area contributed by atoms with Gasteiger partial charge in [-0.05, 0) is 30.2 Å². The van der Waals surface area contributed by atoms with E-state index in [4.69, 9.17) is 0 Å². The molecule has 0 aliphatic heterocycles. The Labute approximate surface area is 111 Å². The molecule has 0 aliphatic rings. The molecule has 19 heavy (non-hydrogen) atoms. The summed E-state index contributed by atoms with van der Waals surface area (Å²) in [4.78, 5) is 21.4. The minimum Gasteiger partial charge on any atom is -0.506 e. The molecule has 1 amide bonds. The van der Waals surface area contributed by atoms with E-state index in [1.165, 1.54) is 18.5 Å². The zero-order chi connectivity index (χ0) is 13.7. The van der Waals surface area contributed by atoms with Crippen molar-refractivity contribution in [3.8, 4) is 5.75 Å². The Hall–Kier alpha value is -2.43. The number of likely N-dealkylation sites (N-methyl/N-ethyl adjacent to an activating group) is 1. The highest BCUT2D eigenvalue weighted by Crippen LogP contribution is 2.10. The molecule has 5 nitrogen and oxygen atoms in total. The minimum atomic E-state index is -0.155. The molecule has 0 atom stereocenters. The first kappa shape index (κ1) is 13.0. The molecule has 98 valence electrons. The standard InChI is InChI=1S/C14H15N3O2/c1-17(7-4-11-2-5-15-6-3-11)14(19)12-8-13(18)10-16-9-12/h2-3,5-6,8-10,18H,4,7H2,1H3. The maximum absolute atomic E-state index is 12.1. The predicted molar refractivity (Wildman–Crippen MR) is 70.8 cm³/mol. The van der Waals surface area contributed by atoms with Gasteiger partial charge in [0.2, 0.25) is 0 Å². The summed E-state index contributed by atoms with van der Waals surface area (Å²) in [5.74, 6) is -0.161. The van der Waals surface area contributed by atoms with Crippen LogP contribution in [0.2, 0.25) is 0 Å². The Morgan fingerprint density at radius 1 is 1.26 bits per heavy atom. The molecule has 0 aliphatic carbocycles. The minimum absolute atomic E-state index is 0.00613. The van der Waals surface area contributed by atoms with Crippen LogP contribution >= 0.6 is 0 Å². The van der Waals surface area contributed by atoms with E-state index < -0.39 is 0 Å². The van der Waals surface area contributed by atoms with Gasteiger partial charge in [0, 0.05) is 32.2 Å². The first-order valence-electron chi connectivity index (χ1n) is 5.95. The largest absolute Gasteiger partial charge is 0.506 e. The van der Waals surface area contributed by atoms with Crippen molar-refractivity contribution in [2.45, 2.75) is 6.42 Å². The number of aromatic hydroxyl groups is 1. The van der Waals surface area contributed by atoms with Gasteiger partial charge in [-0.3, -0.25) is 14.8 Å². The SMILES string of the molecule is CN(CCc1ccncc1)C(=O)c1cncc(O)c1. The maximum atomic E-state index is 12.1. The number of carbonyl (C=O) groups is 1. The smallest absolute Gasteiger partial charge is 0.255 e. The lowest BCUT2D eigenvalue weighted by molar-refractivity contribution is 0.0796. The molecule has 0 bridgehead atoms. The molecule has 2 aromatic rings. The Bertz CT molecular complexity index is 558. The van der Waals surface area contributed by atoms with E-state index in [1.807, 2.05) is 12.1 Å². The van der Waals surface area contributed by atoms with Crippen molar-refractivity contribution in [2.75, 3.05) is 13.6 Å². The van der Waals surface area contributed by atoms with Gasteiger partial charge in [0.25, 0.3) is 5.91 Å². The summed E-state index contributed by atoms with van der Waals surface area (Å²) < 4.78 is 0. The highest BCUT2D eigenvalue weighted by atomic mass is 16.3. The Morgan fingerprint density at radius 3 is 2.68 bits per heavy atom. The van der Waals surface area contributed by atoms with Crippen molar-refractivity contribution in [1.29, 1.82) is 0 Å². The molecular weight excluding hydrogens is 242 g/mol. The molecule has 1 N–H and O–H groups in total. The number of carbonyl (C=O) groups excluding carboxylic acids is 1. The van der Waals surface area contributed by atoms with Gasteiger partial charge in [-0.25, -0.2) is 0 Å². The number of rotatable bonds is 4. The number of hydrogen-bond acceptors (Lipinski definition) is 4. The van der Waals surface area contributed by atoms with E-state index in [2.05, 4.69) is 9.97 Å². The molecule has 0 unspecified atom stereocenters. The van der Waals surface area contributed by atoms with E-state index in [1.54, 1.807) is 24.3 Å². The van der Waals surface area contributed by atoms with Crippen LogP contribution in [0.1, 0.15) is 15.9 Å². The quantitative estimate of drug-likeness (QED) is 0.901. The molecule has 0 spiro atoms. The monoisotopic (exact) mass is 257 g/mol. The topological polar surface area (TPSA) is 66.3 Å². The first-order valence-corrected chi connectivity index (χ1v) is 5.95. The van der Waals surface area contributed by atoms with Crippen LogP contribution in [0.15, 0.2) is 43.0 Å². The van der Waals surface area contributed by atoms with Gasteiger partial charge in [0.05, 0.1) is 11.8 Å². The normalized spacial score (nSPS) is 10.2. The van der Waals surface area contributed by atoms with E-state index in [0.717, 1.165) is 12.0 Å². The van der Waals surface area contributed by atoms with Crippen molar-refractivity contribution < 1.29 is 9.90 Å². The summed E-state index contributed by atoms with van der Waals surface area (Å²) in [7, 11) is 1.73. The zero-order valence-corrected chi connectivity index (χ0v) is 10.7. The third kappa shape index (κ3) is 3.51. The molecule has 2 aromatic heterocycles. The van der Waals surface area contributed by atoms with Crippen LogP contribution in [0.5, 0.6) is 5.75 Å². The van der Waals surface area contributed by atoms with Crippen LogP contribution < -0.4 is 0 Å². The summed E-state index contributed by atoms with van der Waals surface area (Å²) in [6.07, 6.45) is 6.97. The fourth-order valence-corrected chi connectivity index (χ4v) is 1.71. The molecule has 0 radical (unpaired) electrons. The van der Waals surface area contributed by atoms with Crippen molar-refractivity contribution in [3.05, 3.63) is 54.1 Å². The summed E-state index contributed by atoms with van der Waals surface area (Å²) in [6, 6.07) is 5.26. The fraction of sp³-hybridized carbons (Fsp3) is 0.214. The average Bonchev–Trinajstić information content (AvgIpc) is 2.45. The summed E-state index contributed by atoms with van der Waals surface area (Å²) >= 11 is 0. The fourth-order valence-electron chi connectivity index (χ4n) is 1.71. The van der Waals surface area contributed by atoms with Crippen molar-refractivity contribution >= 4 is 5.91 Å². The molecule has 5 heteroatoms. The van der Waals surface area contributed by atoms with Gasteiger partial charge >= 0.3 is 0 Å². The van der Waals surface area contributed by atoms with Crippen LogP contribution in [0.25, 0.3) is 0 Å². The molecule has 0 fully saturated rings. The van der Waals surface area contributed by atoms with Crippen LogP contribution in [0.4, 0.5) is 0 Å². The number of pyridine rings is 2. The lowest BCUT2D eigenvalue weighted by atomic mass is 10.2. The average molecular weight is 257 g/mol. The molecule has 0 aromatic carbocycles. The van der Waals surface area contributed by atoms with Crippen molar-refractivity contribution in [2.24, 2.45) is 0 Å². The maximum Gasteiger partial charge on any atom is 0.255 e. The van der Waals surface area contributed by atoms with E-state index >= 15 is 0 Å². The molecule has 2 rings (SSSR count). The number of amides is 1. The molecule has 0 saturated carbocycles. The van der Waals surface area contributed by atoms with Gasteiger partial charge in [-0.1, -0.05) is 0 Å². The molecule has 2 heterocycles. The number of aromatic nitrogens is 2. The molecular formula is C14H15N3O2. The molecule has 0 saturated heterocycles. The van der Waals surface area contributed by atoms with Crippen LogP contribution in [0, 0.1) is 0 Å². The second-order valence-corrected chi connectivity index (χ2v) is 4.26. The van der Waals surface area contributed by atoms with E-state index in [0.29, 0.717) is 12.1 Å². The van der Waals surface area contributed by atoms with Gasteiger partial charge in [0.1, 0.15) is 5.75 Å². The Morgan fingerprint density at radius 2 is 2.00 bits per heavy atom. The summed E-state index contributed by atoms with van der Waals surface area (Å²) in [5.41, 5.74) is 1.51. The third-order valence-corrected chi connectivity index (χ3v) is 2.80. The Kier molecular flexibility index (Phi) is 4.07. The third-order valence-electron chi connectivity index (χ3n) is 2.80. The van der Waals surface area contributed by atoms with Gasteiger partial charge in [0.15, 0.2) is 0 Å². The van der Waals surface area contributed by atoms with Gasteiger partial charge in [-0.15, -0.1) is 0 Å². The first-order chi connectivity index (χ1) is 9.16. The van der Waals surface area contributed by atoms with Crippen molar-refractivity contribution in [3.63, 3.8) is 0 Å². The van der Waals surface area contributed by atoms with Crippen LogP contribution in [0.3, 0.4) is 0 Å². The van der Waals surface area contributed by atoms with E-state index in [9.17, 15) is 9.90 Å². The second-order valence-electron chi connectivity index (χ2n) is 4.26. The second kappa shape index (κ2) is 5.95. The van der Waals surface area contributed by atoms with Crippen LogP contribution in [-0.2, 0) is 6.42 Å². The summed E-state index contributed by atoms with van der Waals surface area (Å²) in [6.45, 7) is 0.596. The number of nitrogens with zero attached hydrogens (tertiary/aromatic N) is 3. The van der Waals surface area contributed by atoms with Crippen LogP contribution in [-0.4, -0.2) is 39.5 Å². The zero-order valence-electron chi connectivity index (χ0n) is 10.7. The van der Waals surface area contributed by atoms with E-state index in [-0.39, 0.29) is 11.7 Å². The predicted octanol–water partition coefficient (Wildman–Crippen LogP) is 1.50. The van der Waals surface area contributed by atoms with Gasteiger partial charge in [-0.2, -0.15) is 0 Å². The number of hydrogen-bond donors (Lipinski definition) is 1. The lowest BCUT2D eigenvalue weighted by Crippen LogP contribution is -2.28. The Balaban J connectivity index is 1.96.